The highest BCUT2D eigenvalue weighted by Crippen LogP contribution is 2.22. The van der Waals surface area contributed by atoms with Crippen LogP contribution in [0.3, 0.4) is 0 Å². The number of benzene rings is 3. The molecule has 34 heavy (non-hydrogen) atoms. The molecule has 0 spiro atoms. The van der Waals surface area contributed by atoms with Crippen molar-refractivity contribution in [3.8, 4) is 11.5 Å². The van der Waals surface area contributed by atoms with Crippen molar-refractivity contribution in [2.75, 3.05) is 6.54 Å². The maximum Gasteiger partial charge on any atom is 0.224 e. The minimum absolute atomic E-state index is 0.0104. The number of carbonyl (C=O) groups excluding carboxylic acids is 1. The van der Waals surface area contributed by atoms with E-state index in [2.05, 4.69) is 10.6 Å². The third kappa shape index (κ3) is 7.31. The second-order valence-corrected chi connectivity index (χ2v) is 8.47. The van der Waals surface area contributed by atoms with Crippen molar-refractivity contribution >= 4 is 5.91 Å². The number of carbonyl (C=O) groups is 1. The summed E-state index contributed by atoms with van der Waals surface area (Å²) in [5.74, 6) is 0.0650. The normalized spacial score (nSPS) is 12.8. The Morgan fingerprint density at radius 2 is 1.59 bits per heavy atom. The van der Waals surface area contributed by atoms with E-state index >= 15 is 0 Å². The minimum Gasteiger partial charge on any atom is -0.508 e. The zero-order valence-corrected chi connectivity index (χ0v) is 19.2. The molecular weight excluding hydrogens is 432 g/mol. The minimum atomic E-state index is -0.757. The molecule has 0 fully saturated rings. The molecule has 180 valence electrons. The monoisotopic (exact) mass is 464 g/mol. The van der Waals surface area contributed by atoms with E-state index in [-0.39, 0.29) is 43.0 Å². The molecule has 0 saturated heterocycles. The number of aliphatic hydroxyl groups is 2. The van der Waals surface area contributed by atoms with Crippen LogP contribution in [0.15, 0.2) is 66.7 Å². The molecule has 0 saturated carbocycles. The Balaban J connectivity index is 1.43. The Bertz CT molecular complexity index is 1080. The summed E-state index contributed by atoms with van der Waals surface area (Å²) in [7, 11) is 0. The highest BCUT2D eigenvalue weighted by atomic mass is 16.3. The van der Waals surface area contributed by atoms with E-state index in [1.807, 2.05) is 37.3 Å². The molecule has 6 N–H and O–H groups in total. The van der Waals surface area contributed by atoms with E-state index in [0.29, 0.717) is 23.2 Å². The van der Waals surface area contributed by atoms with Crippen LogP contribution in [-0.2, 0) is 30.8 Å². The molecule has 0 aliphatic heterocycles. The average molecular weight is 465 g/mol. The average Bonchev–Trinajstić information content (AvgIpc) is 2.83. The highest BCUT2D eigenvalue weighted by Gasteiger charge is 2.12. The summed E-state index contributed by atoms with van der Waals surface area (Å²) >= 11 is 0. The lowest BCUT2D eigenvalue weighted by Gasteiger charge is -2.18. The molecule has 3 aromatic rings. The molecular formula is C27H32N2O5. The van der Waals surface area contributed by atoms with Crippen LogP contribution < -0.4 is 10.6 Å². The van der Waals surface area contributed by atoms with Gasteiger partial charge in [-0.05, 0) is 48.2 Å². The molecule has 0 radical (unpaired) electrons. The number of rotatable bonds is 11. The van der Waals surface area contributed by atoms with Gasteiger partial charge in [-0.2, -0.15) is 0 Å². The van der Waals surface area contributed by atoms with Crippen molar-refractivity contribution in [2.24, 2.45) is 0 Å². The Morgan fingerprint density at radius 3 is 2.29 bits per heavy atom. The molecule has 3 rings (SSSR count). The van der Waals surface area contributed by atoms with E-state index in [4.69, 9.17) is 0 Å². The van der Waals surface area contributed by atoms with Crippen LogP contribution in [0, 0.1) is 0 Å². The van der Waals surface area contributed by atoms with Crippen LogP contribution in [0.25, 0.3) is 0 Å². The molecule has 0 aliphatic rings. The highest BCUT2D eigenvalue weighted by molar-refractivity contribution is 5.78. The molecule has 7 nitrogen and oxygen atoms in total. The third-order valence-electron chi connectivity index (χ3n) is 5.72. The Hall–Kier alpha value is -3.39. The van der Waals surface area contributed by atoms with Crippen molar-refractivity contribution in [2.45, 2.75) is 45.1 Å². The molecule has 0 aromatic heterocycles. The topological polar surface area (TPSA) is 122 Å². The number of aromatic hydroxyl groups is 2. The number of hydrogen-bond donors (Lipinski definition) is 6. The number of para-hydroxylation sites is 1. The molecule has 7 heteroatoms. The zero-order chi connectivity index (χ0) is 24.5. The summed E-state index contributed by atoms with van der Waals surface area (Å²) in [6.45, 7) is 2.36. The third-order valence-corrected chi connectivity index (χ3v) is 5.72. The smallest absolute Gasteiger partial charge is 0.224 e. The molecule has 0 heterocycles. The summed E-state index contributed by atoms with van der Waals surface area (Å²) in [5, 5.41) is 45.3. The first-order valence-corrected chi connectivity index (χ1v) is 11.3. The van der Waals surface area contributed by atoms with Crippen LogP contribution in [0.2, 0.25) is 0 Å². The quantitative estimate of drug-likeness (QED) is 0.259. The second-order valence-electron chi connectivity index (χ2n) is 8.47. The van der Waals surface area contributed by atoms with Gasteiger partial charge in [0, 0.05) is 30.3 Å². The molecule has 3 aromatic carbocycles. The maximum absolute atomic E-state index is 12.2. The van der Waals surface area contributed by atoms with Gasteiger partial charge in [-0.1, -0.05) is 48.5 Å². The molecule has 0 unspecified atom stereocenters. The molecule has 0 aliphatic carbocycles. The summed E-state index contributed by atoms with van der Waals surface area (Å²) in [5.41, 5.74) is 3.71. The van der Waals surface area contributed by atoms with E-state index in [0.717, 1.165) is 17.5 Å². The lowest BCUT2D eigenvalue weighted by atomic mass is 10.0. The zero-order valence-electron chi connectivity index (χ0n) is 19.2. The summed E-state index contributed by atoms with van der Waals surface area (Å²) in [6, 6.07) is 19.6. The van der Waals surface area contributed by atoms with Crippen LogP contribution >= 0.6 is 0 Å². The van der Waals surface area contributed by atoms with Gasteiger partial charge < -0.3 is 31.1 Å². The number of amides is 1. The Labute approximate surface area is 199 Å². The number of phenolic OH excluding ortho intramolecular Hbond substituents is 1. The largest absolute Gasteiger partial charge is 0.508 e. The number of hydrogen-bond acceptors (Lipinski definition) is 6. The van der Waals surface area contributed by atoms with Gasteiger partial charge in [-0.25, -0.2) is 0 Å². The van der Waals surface area contributed by atoms with Crippen molar-refractivity contribution in [1.29, 1.82) is 0 Å². The van der Waals surface area contributed by atoms with Gasteiger partial charge in [0.05, 0.1) is 19.1 Å². The fraction of sp³-hybridized carbons (Fsp3) is 0.296. The molecule has 0 bridgehead atoms. The van der Waals surface area contributed by atoms with E-state index in [9.17, 15) is 25.2 Å². The first-order valence-electron chi connectivity index (χ1n) is 11.3. The lowest BCUT2D eigenvalue weighted by molar-refractivity contribution is -0.120. The Morgan fingerprint density at radius 1 is 0.912 bits per heavy atom. The fourth-order valence-corrected chi connectivity index (χ4v) is 3.69. The maximum atomic E-state index is 12.2. The number of aliphatic hydroxyl groups excluding tert-OH is 2. The van der Waals surface area contributed by atoms with Gasteiger partial charge in [0.1, 0.15) is 11.5 Å². The van der Waals surface area contributed by atoms with Crippen molar-refractivity contribution in [3.05, 3.63) is 94.5 Å². The number of phenols is 2. The van der Waals surface area contributed by atoms with Gasteiger partial charge in [0.15, 0.2) is 0 Å². The molecule has 1 amide bonds. The Kier molecular flexibility index (Phi) is 9.04. The van der Waals surface area contributed by atoms with Crippen molar-refractivity contribution in [1.82, 2.24) is 10.6 Å². The summed E-state index contributed by atoms with van der Waals surface area (Å²) < 4.78 is 0. The predicted molar refractivity (Wildman–Crippen MR) is 130 cm³/mol. The van der Waals surface area contributed by atoms with Gasteiger partial charge in [0.2, 0.25) is 5.91 Å². The first kappa shape index (κ1) is 25.2. The van der Waals surface area contributed by atoms with Gasteiger partial charge in [-0.15, -0.1) is 0 Å². The second kappa shape index (κ2) is 12.2. The standard InChI is InChI=1S/C27H32N2O5/c1-18(28-16-26(33)21-10-11-25(32)23(14-21)17-30)12-19-6-8-20(9-7-19)13-27(34)29-15-22-4-2-3-5-24(22)31/h2-11,14,18,26,28,30-33H,12-13,15-17H2,1H3,(H,29,34)/t18-,26-/m1/s1. The summed E-state index contributed by atoms with van der Waals surface area (Å²) in [4.78, 5) is 12.2. The van der Waals surface area contributed by atoms with Gasteiger partial charge in [0.25, 0.3) is 0 Å². The van der Waals surface area contributed by atoms with Crippen LogP contribution in [0.1, 0.15) is 40.8 Å². The van der Waals surface area contributed by atoms with Crippen LogP contribution in [0.5, 0.6) is 11.5 Å². The van der Waals surface area contributed by atoms with Crippen LogP contribution in [-0.4, -0.2) is 38.9 Å². The van der Waals surface area contributed by atoms with E-state index in [1.54, 1.807) is 30.3 Å². The summed E-state index contributed by atoms with van der Waals surface area (Å²) in [6.07, 6.45) is 0.257. The first-order chi connectivity index (χ1) is 16.4. The van der Waals surface area contributed by atoms with E-state index < -0.39 is 6.10 Å². The lowest BCUT2D eigenvalue weighted by Crippen LogP contribution is -2.32. The SMILES string of the molecule is C[C@H](Cc1ccc(CC(=O)NCc2ccccc2O)cc1)NC[C@@H](O)c1ccc(O)c(CO)c1. The van der Waals surface area contributed by atoms with Gasteiger partial charge >= 0.3 is 0 Å². The van der Waals surface area contributed by atoms with Crippen LogP contribution in [0.4, 0.5) is 0 Å². The van der Waals surface area contributed by atoms with Crippen molar-refractivity contribution < 1.29 is 25.2 Å². The number of nitrogens with one attached hydrogen (secondary N) is 2. The van der Waals surface area contributed by atoms with Crippen molar-refractivity contribution in [3.63, 3.8) is 0 Å². The van der Waals surface area contributed by atoms with Gasteiger partial charge in [-0.3, -0.25) is 4.79 Å². The molecule has 2 atom stereocenters. The fourth-order valence-electron chi connectivity index (χ4n) is 3.69. The van der Waals surface area contributed by atoms with E-state index in [1.165, 1.54) is 6.07 Å². The predicted octanol–water partition coefficient (Wildman–Crippen LogP) is 2.70.